The number of nitrogens with zero attached hydrogens (tertiary/aromatic N) is 3. The summed E-state index contributed by atoms with van der Waals surface area (Å²) in [6.07, 6.45) is 6.11. The van der Waals surface area contributed by atoms with Crippen molar-refractivity contribution in [2.24, 2.45) is 0 Å². The van der Waals surface area contributed by atoms with Crippen LogP contribution in [-0.4, -0.2) is 32.8 Å². The van der Waals surface area contributed by atoms with Crippen LogP contribution in [0.1, 0.15) is 12.8 Å². The molecule has 2 aliphatic heterocycles. The lowest BCUT2D eigenvalue weighted by molar-refractivity contribution is -0.146. The molecule has 0 spiro atoms. The highest BCUT2D eigenvalue weighted by Gasteiger charge is 2.44. The molecule has 0 aromatic carbocycles. The highest BCUT2D eigenvalue weighted by molar-refractivity contribution is 7.94. The third-order valence-corrected chi connectivity index (χ3v) is 3.42. The zero-order valence-electron chi connectivity index (χ0n) is 9.28. The van der Waals surface area contributed by atoms with Crippen LogP contribution in [0.25, 0.3) is 0 Å². The molecule has 1 aromatic rings. The maximum Gasteiger partial charge on any atom is 0.367 e. The van der Waals surface area contributed by atoms with Gasteiger partial charge in [-0.1, -0.05) is 6.08 Å². The molecule has 1 unspecified atom stereocenters. The molecule has 0 bridgehead atoms. The summed E-state index contributed by atoms with van der Waals surface area (Å²) in [4.78, 5) is 32.5. The quantitative estimate of drug-likeness (QED) is 0.458. The van der Waals surface area contributed by atoms with Gasteiger partial charge in [0.05, 0.1) is 0 Å². The average Bonchev–Trinajstić information content (AvgIpc) is 2.74. The highest BCUT2D eigenvalue weighted by atomic mass is 32.2. The van der Waals surface area contributed by atoms with Crippen LogP contribution >= 0.6 is 12.0 Å². The fourth-order valence-electron chi connectivity index (χ4n) is 1.98. The van der Waals surface area contributed by atoms with E-state index < -0.39 is 5.97 Å². The Hall–Kier alpha value is -1.89. The number of carbonyl (C=O) groups excluding carboxylic acids is 2. The van der Waals surface area contributed by atoms with Crippen LogP contribution in [-0.2, 0) is 13.8 Å². The molecular formula is C11H9N3O3S. The molecule has 0 radical (unpaired) electrons. The number of hydrogen-bond acceptors (Lipinski definition) is 6. The Morgan fingerprint density at radius 1 is 1.44 bits per heavy atom. The molecule has 0 saturated carbocycles. The Balaban J connectivity index is 1.61. The predicted octanol–water partition coefficient (Wildman–Crippen LogP) is 0.915. The van der Waals surface area contributed by atoms with E-state index >= 15 is 0 Å². The Bertz CT molecular complexity index is 532. The summed E-state index contributed by atoms with van der Waals surface area (Å²) < 4.78 is 5.00. The first-order valence-electron chi connectivity index (χ1n) is 5.44. The minimum absolute atomic E-state index is 0.0262. The van der Waals surface area contributed by atoms with Gasteiger partial charge in [0.1, 0.15) is 17.7 Å². The third kappa shape index (κ3) is 1.86. The topological polar surface area (TPSA) is 72.4 Å². The lowest BCUT2D eigenvalue weighted by atomic mass is 10.0. The van der Waals surface area contributed by atoms with E-state index in [0.29, 0.717) is 17.3 Å². The minimum atomic E-state index is -0.525. The molecule has 18 heavy (non-hydrogen) atoms. The third-order valence-electron chi connectivity index (χ3n) is 2.83. The van der Waals surface area contributed by atoms with Gasteiger partial charge in [0, 0.05) is 24.9 Å². The molecule has 0 N–H and O–H groups in total. The number of hydrogen-bond donors (Lipinski definition) is 0. The molecule has 2 aliphatic rings. The number of rotatable bonds is 3. The van der Waals surface area contributed by atoms with E-state index in [9.17, 15) is 9.59 Å². The number of carbonyl (C=O) groups is 2. The van der Waals surface area contributed by atoms with Crippen molar-refractivity contribution in [3.63, 3.8) is 0 Å². The van der Waals surface area contributed by atoms with Gasteiger partial charge < -0.3 is 9.08 Å². The van der Waals surface area contributed by atoms with Crippen LogP contribution in [0.5, 0.6) is 0 Å². The average molecular weight is 263 g/mol. The van der Waals surface area contributed by atoms with Gasteiger partial charge in [-0.25, -0.2) is 14.8 Å². The van der Waals surface area contributed by atoms with Gasteiger partial charge in [-0.2, -0.15) is 0 Å². The van der Waals surface area contributed by atoms with Crippen LogP contribution < -0.4 is 0 Å². The molecular weight excluding hydrogens is 254 g/mol. The van der Waals surface area contributed by atoms with Gasteiger partial charge in [0.15, 0.2) is 0 Å². The van der Waals surface area contributed by atoms with E-state index in [0.717, 1.165) is 18.5 Å². The molecule has 92 valence electrons. The molecule has 3 heterocycles. The molecule has 3 rings (SSSR count). The lowest BCUT2D eigenvalue weighted by Gasteiger charge is -2.35. The van der Waals surface area contributed by atoms with Crippen LogP contribution in [0.2, 0.25) is 0 Å². The van der Waals surface area contributed by atoms with E-state index in [-0.39, 0.29) is 11.9 Å². The lowest BCUT2D eigenvalue weighted by Crippen LogP contribution is -2.49. The second kappa shape index (κ2) is 4.41. The van der Waals surface area contributed by atoms with Crippen molar-refractivity contribution in [2.45, 2.75) is 24.0 Å². The fourth-order valence-corrected chi connectivity index (χ4v) is 2.42. The Morgan fingerprint density at radius 2 is 2.22 bits per heavy atom. The molecule has 1 amide bonds. The van der Waals surface area contributed by atoms with Crippen LogP contribution in [0.15, 0.2) is 35.4 Å². The summed E-state index contributed by atoms with van der Waals surface area (Å²) in [5.41, 5.74) is 0.333. The summed E-state index contributed by atoms with van der Waals surface area (Å²) >= 11 is 0.793. The molecule has 1 aromatic heterocycles. The SMILES string of the molecule is O=C(OSc1ncccn1)C1=CCC2CC(=O)N12. The zero-order chi connectivity index (χ0) is 12.5. The van der Waals surface area contributed by atoms with Crippen LogP contribution in [0.4, 0.5) is 0 Å². The van der Waals surface area contributed by atoms with E-state index in [1.54, 1.807) is 24.5 Å². The molecule has 6 nitrogen and oxygen atoms in total. The van der Waals surface area contributed by atoms with Crippen molar-refractivity contribution in [1.29, 1.82) is 0 Å². The maximum atomic E-state index is 11.8. The van der Waals surface area contributed by atoms with Gasteiger partial charge in [0.2, 0.25) is 11.1 Å². The molecule has 0 aliphatic carbocycles. The summed E-state index contributed by atoms with van der Waals surface area (Å²) in [6, 6.07) is 1.83. The number of β-lactam (4-membered cyclic amide) rings is 1. The van der Waals surface area contributed by atoms with Crippen molar-refractivity contribution in [2.75, 3.05) is 0 Å². The van der Waals surface area contributed by atoms with Crippen molar-refractivity contribution in [1.82, 2.24) is 14.9 Å². The summed E-state index contributed by atoms with van der Waals surface area (Å²) in [5, 5.41) is 0.357. The molecule has 7 heteroatoms. The fraction of sp³-hybridized carbons (Fsp3) is 0.273. The molecule has 1 fully saturated rings. The summed E-state index contributed by atoms with van der Waals surface area (Å²) in [7, 11) is 0. The van der Waals surface area contributed by atoms with Gasteiger partial charge in [-0.3, -0.25) is 4.79 Å². The normalized spacial score (nSPS) is 21.1. The monoisotopic (exact) mass is 263 g/mol. The van der Waals surface area contributed by atoms with Crippen molar-refractivity contribution in [3.8, 4) is 0 Å². The van der Waals surface area contributed by atoms with Crippen molar-refractivity contribution in [3.05, 3.63) is 30.2 Å². The van der Waals surface area contributed by atoms with Crippen molar-refractivity contribution >= 4 is 23.9 Å². The number of amides is 1. The largest absolute Gasteiger partial charge is 0.378 e. The number of aromatic nitrogens is 2. The smallest absolute Gasteiger partial charge is 0.367 e. The van der Waals surface area contributed by atoms with Crippen LogP contribution in [0, 0.1) is 0 Å². The van der Waals surface area contributed by atoms with E-state index in [4.69, 9.17) is 4.18 Å². The van der Waals surface area contributed by atoms with Gasteiger partial charge in [-0.15, -0.1) is 0 Å². The Kier molecular flexibility index (Phi) is 2.75. The predicted molar refractivity (Wildman–Crippen MR) is 61.9 cm³/mol. The maximum absolute atomic E-state index is 11.8. The molecule has 1 atom stereocenters. The Labute approximate surface area is 107 Å². The Morgan fingerprint density at radius 3 is 2.94 bits per heavy atom. The van der Waals surface area contributed by atoms with E-state index in [1.165, 1.54) is 4.90 Å². The first-order chi connectivity index (χ1) is 8.75. The minimum Gasteiger partial charge on any atom is -0.378 e. The van der Waals surface area contributed by atoms with Gasteiger partial charge in [-0.05, 0) is 12.5 Å². The summed E-state index contributed by atoms with van der Waals surface area (Å²) in [6.45, 7) is 0. The standard InChI is InChI=1S/C11H9N3O3S/c15-9-6-7-2-3-8(14(7)9)10(16)17-18-11-12-4-1-5-13-11/h1,3-5,7H,2,6H2. The highest BCUT2D eigenvalue weighted by Crippen LogP contribution is 2.34. The first-order valence-corrected chi connectivity index (χ1v) is 6.18. The zero-order valence-corrected chi connectivity index (χ0v) is 10.1. The second-order valence-corrected chi connectivity index (χ2v) is 4.63. The summed E-state index contributed by atoms with van der Waals surface area (Å²) in [5.74, 6) is -0.551. The van der Waals surface area contributed by atoms with Crippen LogP contribution in [0.3, 0.4) is 0 Å². The number of fused-ring (bicyclic) bond motifs is 1. The first kappa shape index (κ1) is 11.2. The van der Waals surface area contributed by atoms with Crippen molar-refractivity contribution < 1.29 is 13.8 Å². The van der Waals surface area contributed by atoms with Gasteiger partial charge in [0.25, 0.3) is 0 Å². The molecule has 1 saturated heterocycles. The van der Waals surface area contributed by atoms with E-state index in [2.05, 4.69) is 9.97 Å². The van der Waals surface area contributed by atoms with Gasteiger partial charge >= 0.3 is 5.97 Å². The van der Waals surface area contributed by atoms with E-state index in [1.807, 2.05) is 0 Å². The second-order valence-electron chi connectivity index (χ2n) is 3.93.